The monoisotopic (exact) mass is 359 g/mol. The van der Waals surface area contributed by atoms with Gasteiger partial charge in [-0.3, -0.25) is 5.43 Å². The smallest absolute Gasteiger partial charge is 0.490 e. The predicted octanol–water partition coefficient (Wildman–Crippen LogP) is 0.0832. The summed E-state index contributed by atoms with van der Waals surface area (Å²) in [5.41, 5.74) is 8.52. The highest BCUT2D eigenvalue weighted by atomic mass is 79.9. The van der Waals surface area contributed by atoms with Gasteiger partial charge >= 0.3 is 7.12 Å². The van der Waals surface area contributed by atoms with E-state index in [9.17, 15) is 10.0 Å². The third-order valence-corrected chi connectivity index (χ3v) is 2.80. The molecular formula is C11H15BBrN3O3S. The van der Waals surface area contributed by atoms with Crippen LogP contribution < -0.4 is 21.4 Å². The van der Waals surface area contributed by atoms with Crippen LogP contribution in [-0.4, -0.2) is 34.6 Å². The number of nitrogens with two attached hydrogens (primary N) is 1. The normalized spacial score (nSPS) is 10.9. The zero-order valence-electron chi connectivity index (χ0n) is 11.0. The summed E-state index contributed by atoms with van der Waals surface area (Å²) < 4.78 is 6.16. The van der Waals surface area contributed by atoms with Gasteiger partial charge in [-0.15, -0.1) is 0 Å². The van der Waals surface area contributed by atoms with Gasteiger partial charge in [-0.1, -0.05) is 0 Å². The van der Waals surface area contributed by atoms with Crippen LogP contribution in [0.1, 0.15) is 19.4 Å². The topological polar surface area (TPSA) is 100 Å². The second kappa shape index (κ2) is 7.58. The van der Waals surface area contributed by atoms with Gasteiger partial charge in [0.25, 0.3) is 0 Å². The third-order valence-electron chi connectivity index (χ3n) is 2.11. The van der Waals surface area contributed by atoms with Crippen LogP contribution in [0.2, 0.25) is 0 Å². The van der Waals surface area contributed by atoms with E-state index in [1.165, 1.54) is 6.21 Å². The molecule has 0 saturated carbocycles. The van der Waals surface area contributed by atoms with Crippen molar-refractivity contribution in [2.45, 2.75) is 20.0 Å². The first kappa shape index (κ1) is 16.9. The quantitative estimate of drug-likeness (QED) is 0.257. The molecular weight excluding hydrogens is 345 g/mol. The summed E-state index contributed by atoms with van der Waals surface area (Å²) in [6.45, 7) is 3.70. The highest BCUT2D eigenvalue weighted by Gasteiger charge is 2.21. The van der Waals surface area contributed by atoms with Gasteiger partial charge in [0.15, 0.2) is 5.11 Å². The minimum atomic E-state index is -1.66. The van der Waals surface area contributed by atoms with Crippen molar-refractivity contribution < 1.29 is 14.8 Å². The Morgan fingerprint density at radius 1 is 1.55 bits per heavy atom. The molecule has 0 fully saturated rings. The van der Waals surface area contributed by atoms with Gasteiger partial charge in [0.2, 0.25) is 0 Å². The molecule has 6 nitrogen and oxygen atoms in total. The summed E-state index contributed by atoms with van der Waals surface area (Å²) in [7, 11) is -1.66. The lowest BCUT2D eigenvalue weighted by molar-refractivity contribution is 0.242. The van der Waals surface area contributed by atoms with Gasteiger partial charge in [0.05, 0.1) is 16.8 Å². The van der Waals surface area contributed by atoms with E-state index in [1.54, 1.807) is 12.1 Å². The molecule has 0 atom stereocenters. The standard InChI is InChI=1S/C11H15BBrN3O3S/c1-6(2)19-10-8(12(17)18)3-7(4-9(10)13)5-15-16-11(14)20/h3-6,17-18H,1-2H3,(H3,14,16,20). The molecule has 0 aromatic heterocycles. The second-order valence-corrected chi connectivity index (χ2v) is 5.49. The molecule has 0 unspecified atom stereocenters. The molecule has 0 aliphatic heterocycles. The molecule has 20 heavy (non-hydrogen) atoms. The lowest BCUT2D eigenvalue weighted by atomic mass is 9.78. The zero-order valence-corrected chi connectivity index (χ0v) is 13.4. The van der Waals surface area contributed by atoms with Gasteiger partial charge in [-0.05, 0) is 59.7 Å². The number of hydrogen-bond acceptors (Lipinski definition) is 5. The molecule has 0 amide bonds. The Morgan fingerprint density at radius 3 is 2.70 bits per heavy atom. The van der Waals surface area contributed by atoms with E-state index < -0.39 is 7.12 Å². The number of ether oxygens (including phenoxy) is 1. The van der Waals surface area contributed by atoms with E-state index in [0.29, 0.717) is 15.8 Å². The SMILES string of the molecule is CC(C)Oc1c(Br)cc(C=NNC(N)=S)cc1B(O)O. The highest BCUT2D eigenvalue weighted by molar-refractivity contribution is 9.10. The fraction of sp³-hybridized carbons (Fsp3) is 0.273. The van der Waals surface area contributed by atoms with Crippen LogP contribution in [0.5, 0.6) is 5.75 Å². The molecule has 108 valence electrons. The number of hydrazone groups is 1. The molecule has 0 heterocycles. The van der Waals surface area contributed by atoms with E-state index >= 15 is 0 Å². The summed E-state index contributed by atoms with van der Waals surface area (Å²) in [5.74, 6) is 0.384. The minimum absolute atomic E-state index is 0.0440. The third kappa shape index (κ3) is 5.08. The van der Waals surface area contributed by atoms with Crippen LogP contribution in [0.4, 0.5) is 0 Å². The molecule has 1 aromatic carbocycles. The first-order valence-electron chi connectivity index (χ1n) is 5.76. The van der Waals surface area contributed by atoms with E-state index in [-0.39, 0.29) is 16.7 Å². The van der Waals surface area contributed by atoms with E-state index in [2.05, 4.69) is 38.7 Å². The van der Waals surface area contributed by atoms with Crippen LogP contribution in [-0.2, 0) is 0 Å². The Kier molecular flexibility index (Phi) is 6.40. The van der Waals surface area contributed by atoms with Crippen LogP contribution in [0.15, 0.2) is 21.7 Å². The minimum Gasteiger partial charge on any atom is -0.490 e. The number of halogens is 1. The van der Waals surface area contributed by atoms with Gasteiger partial charge in [0.1, 0.15) is 5.75 Å². The Hall–Kier alpha value is -1.16. The van der Waals surface area contributed by atoms with Crippen molar-refractivity contribution in [2.75, 3.05) is 0 Å². The lowest BCUT2D eigenvalue weighted by Crippen LogP contribution is -2.33. The fourth-order valence-corrected chi connectivity index (χ4v) is 2.07. The maximum atomic E-state index is 9.43. The van der Waals surface area contributed by atoms with E-state index in [4.69, 9.17) is 10.5 Å². The summed E-state index contributed by atoms with van der Waals surface area (Å²) >= 11 is 7.95. The number of hydrogen-bond donors (Lipinski definition) is 4. The summed E-state index contributed by atoms with van der Waals surface area (Å²) in [5, 5.41) is 22.7. The van der Waals surface area contributed by atoms with Gasteiger partial charge in [-0.2, -0.15) is 5.10 Å². The van der Waals surface area contributed by atoms with Crippen molar-refractivity contribution in [3.63, 3.8) is 0 Å². The number of rotatable bonds is 5. The summed E-state index contributed by atoms with van der Waals surface area (Å²) in [6.07, 6.45) is 1.36. The van der Waals surface area contributed by atoms with Crippen molar-refractivity contribution >= 4 is 52.1 Å². The maximum absolute atomic E-state index is 9.43. The molecule has 9 heteroatoms. The van der Waals surface area contributed by atoms with Crippen LogP contribution in [0, 0.1) is 0 Å². The first-order valence-corrected chi connectivity index (χ1v) is 6.96. The number of nitrogens with one attached hydrogen (secondary N) is 1. The van der Waals surface area contributed by atoms with Crippen LogP contribution in [0.25, 0.3) is 0 Å². The molecule has 1 rings (SSSR count). The number of nitrogens with zero attached hydrogens (tertiary/aromatic N) is 1. The maximum Gasteiger partial charge on any atom is 0.492 e. The molecule has 0 spiro atoms. The molecule has 0 aliphatic rings. The highest BCUT2D eigenvalue weighted by Crippen LogP contribution is 2.25. The van der Waals surface area contributed by atoms with Gasteiger partial charge < -0.3 is 20.5 Å². The average Bonchev–Trinajstić information content (AvgIpc) is 2.30. The Balaban J connectivity index is 3.12. The number of thiocarbonyl (C=S) groups is 1. The zero-order chi connectivity index (χ0) is 15.3. The van der Waals surface area contributed by atoms with E-state index in [1.807, 2.05) is 13.8 Å². The molecule has 0 radical (unpaired) electrons. The summed E-state index contributed by atoms with van der Waals surface area (Å²) in [4.78, 5) is 0. The van der Waals surface area contributed by atoms with Crippen molar-refractivity contribution in [2.24, 2.45) is 10.8 Å². The fourth-order valence-electron chi connectivity index (χ4n) is 1.43. The predicted molar refractivity (Wildman–Crippen MR) is 87.2 cm³/mol. The largest absolute Gasteiger partial charge is 0.492 e. The van der Waals surface area contributed by atoms with Crippen molar-refractivity contribution in [1.29, 1.82) is 0 Å². The first-order chi connectivity index (χ1) is 9.31. The van der Waals surface area contributed by atoms with E-state index in [0.717, 1.165) is 0 Å². The lowest BCUT2D eigenvalue weighted by Gasteiger charge is -2.16. The Labute approximate surface area is 131 Å². The number of benzene rings is 1. The van der Waals surface area contributed by atoms with Gasteiger partial charge in [0, 0.05) is 5.46 Å². The summed E-state index contributed by atoms with van der Waals surface area (Å²) in [6, 6.07) is 3.28. The Morgan fingerprint density at radius 2 is 2.20 bits per heavy atom. The van der Waals surface area contributed by atoms with Gasteiger partial charge in [-0.25, -0.2) is 0 Å². The van der Waals surface area contributed by atoms with Crippen LogP contribution >= 0.6 is 28.1 Å². The second-order valence-electron chi connectivity index (χ2n) is 4.20. The molecule has 0 saturated heterocycles. The van der Waals surface area contributed by atoms with Crippen LogP contribution in [0.3, 0.4) is 0 Å². The molecule has 5 N–H and O–H groups in total. The van der Waals surface area contributed by atoms with Crippen molar-refractivity contribution in [1.82, 2.24) is 5.43 Å². The average molecular weight is 360 g/mol. The van der Waals surface area contributed by atoms with Crippen molar-refractivity contribution in [3.8, 4) is 5.75 Å². The molecule has 1 aromatic rings. The molecule has 0 aliphatic carbocycles. The van der Waals surface area contributed by atoms with Crippen molar-refractivity contribution in [3.05, 3.63) is 22.2 Å². The molecule has 0 bridgehead atoms. The Bertz CT molecular complexity index is 526.